The van der Waals surface area contributed by atoms with Crippen LogP contribution in [0.2, 0.25) is 0 Å². The van der Waals surface area contributed by atoms with Crippen molar-refractivity contribution in [3.63, 3.8) is 0 Å². The van der Waals surface area contributed by atoms with Crippen molar-refractivity contribution in [2.45, 2.75) is 55.6 Å². The topological polar surface area (TPSA) is 101 Å². The van der Waals surface area contributed by atoms with Crippen LogP contribution in [0.15, 0.2) is 39.8 Å². The van der Waals surface area contributed by atoms with Crippen molar-refractivity contribution >= 4 is 39.2 Å². The Balaban J connectivity index is 1.48. The van der Waals surface area contributed by atoms with Crippen molar-refractivity contribution in [3.05, 3.63) is 36.1 Å². The number of hydrogen-bond acceptors (Lipinski definition) is 6. The zero-order chi connectivity index (χ0) is 20.0. The van der Waals surface area contributed by atoms with Crippen molar-refractivity contribution in [2.24, 2.45) is 0 Å². The van der Waals surface area contributed by atoms with E-state index in [1.807, 2.05) is 11.8 Å². The van der Waals surface area contributed by atoms with Gasteiger partial charge in [0.15, 0.2) is 5.82 Å². The monoisotopic (exact) mass is 423 g/mol. The summed E-state index contributed by atoms with van der Waals surface area (Å²) < 4.78 is 31.9. The van der Waals surface area contributed by atoms with Gasteiger partial charge < -0.3 is 9.84 Å². The third kappa shape index (κ3) is 6.00. The second kappa shape index (κ2) is 9.47. The normalized spacial score (nSPS) is 15.3. The first kappa shape index (κ1) is 20.7. The van der Waals surface area contributed by atoms with Gasteiger partial charge in [0.1, 0.15) is 5.76 Å². The number of sulfonamides is 1. The number of nitrogens with zero attached hydrogens (tertiary/aromatic N) is 1. The van der Waals surface area contributed by atoms with E-state index >= 15 is 0 Å². The fraction of sp³-hybridized carbons (Fsp3) is 0.474. The molecule has 0 unspecified atom stereocenters. The van der Waals surface area contributed by atoms with Crippen LogP contribution in [0.3, 0.4) is 0 Å². The lowest BCUT2D eigenvalue weighted by Gasteiger charge is -2.20. The molecular weight excluding hydrogens is 398 g/mol. The lowest BCUT2D eigenvalue weighted by Crippen LogP contribution is -2.15. The fourth-order valence-corrected chi connectivity index (χ4v) is 5.39. The quantitative estimate of drug-likeness (QED) is 0.660. The lowest BCUT2D eigenvalue weighted by atomic mass is 10.0. The van der Waals surface area contributed by atoms with E-state index < -0.39 is 10.0 Å². The molecule has 0 saturated heterocycles. The number of aryl methyl sites for hydroxylation is 1. The molecule has 2 N–H and O–H groups in total. The summed E-state index contributed by atoms with van der Waals surface area (Å²) >= 11 is 1.88. The predicted octanol–water partition coefficient (Wildman–Crippen LogP) is 4.18. The number of hydrogen-bond donors (Lipinski definition) is 2. The highest BCUT2D eigenvalue weighted by Crippen LogP contribution is 2.28. The van der Waals surface area contributed by atoms with Crippen molar-refractivity contribution in [1.29, 1.82) is 0 Å². The summed E-state index contributed by atoms with van der Waals surface area (Å²) in [5.41, 5.74) is 0.573. The van der Waals surface area contributed by atoms with E-state index in [1.165, 1.54) is 50.3 Å². The Kier molecular flexibility index (Phi) is 7.01. The molecule has 1 aromatic carbocycles. The summed E-state index contributed by atoms with van der Waals surface area (Å²) in [6, 6.07) is 7.55. The second-order valence-electron chi connectivity index (χ2n) is 6.88. The van der Waals surface area contributed by atoms with Gasteiger partial charge in [-0.15, -0.1) is 0 Å². The van der Waals surface area contributed by atoms with Crippen LogP contribution in [0.5, 0.6) is 0 Å². The van der Waals surface area contributed by atoms with Crippen LogP contribution in [0.4, 0.5) is 11.5 Å². The molecule has 1 amide bonds. The van der Waals surface area contributed by atoms with E-state index in [0.717, 1.165) is 5.75 Å². The maximum atomic E-state index is 12.4. The van der Waals surface area contributed by atoms with Crippen LogP contribution in [-0.2, 0) is 14.8 Å². The second-order valence-corrected chi connectivity index (χ2v) is 9.97. The molecule has 1 aliphatic rings. The van der Waals surface area contributed by atoms with Crippen molar-refractivity contribution in [1.82, 2.24) is 5.16 Å². The first-order valence-corrected chi connectivity index (χ1v) is 11.9. The summed E-state index contributed by atoms with van der Waals surface area (Å²) in [5, 5.41) is 7.12. The molecule has 9 heteroatoms. The highest BCUT2D eigenvalue weighted by atomic mass is 32.2. The Bertz CT molecular complexity index is 888. The maximum Gasteiger partial charge on any atom is 0.263 e. The Morgan fingerprint density at radius 3 is 2.57 bits per heavy atom. The van der Waals surface area contributed by atoms with Gasteiger partial charge in [-0.2, -0.15) is 11.8 Å². The highest BCUT2D eigenvalue weighted by molar-refractivity contribution is 7.99. The maximum absolute atomic E-state index is 12.4. The standard InChI is InChI=1S/C19H25N3O4S2/c1-14-13-18(21-26-14)22-28(24,25)17-9-7-15(8-10-17)20-19(23)11-12-27-16-5-3-2-4-6-16/h7-10,13,16H,2-6,11-12H2,1H3,(H,20,23)(H,21,22). The van der Waals surface area contributed by atoms with Crippen LogP contribution in [0, 0.1) is 6.92 Å². The van der Waals surface area contributed by atoms with E-state index in [4.69, 9.17) is 4.52 Å². The molecule has 0 spiro atoms. The number of anilines is 2. The van der Waals surface area contributed by atoms with Gasteiger partial charge in [-0.05, 0) is 44.0 Å². The summed E-state index contributed by atoms with van der Waals surface area (Å²) in [6.45, 7) is 1.68. The van der Waals surface area contributed by atoms with Crippen LogP contribution < -0.4 is 10.0 Å². The van der Waals surface area contributed by atoms with E-state index in [1.54, 1.807) is 19.1 Å². The van der Waals surface area contributed by atoms with Crippen LogP contribution in [0.1, 0.15) is 44.3 Å². The zero-order valence-electron chi connectivity index (χ0n) is 15.8. The molecular formula is C19H25N3O4S2. The summed E-state index contributed by atoms with van der Waals surface area (Å²) in [6.07, 6.45) is 6.88. The molecule has 0 aliphatic heterocycles. The summed E-state index contributed by atoms with van der Waals surface area (Å²) in [7, 11) is -3.76. The van der Waals surface area contributed by atoms with E-state index in [0.29, 0.717) is 23.1 Å². The van der Waals surface area contributed by atoms with Gasteiger partial charge in [-0.3, -0.25) is 9.52 Å². The van der Waals surface area contributed by atoms with E-state index in [9.17, 15) is 13.2 Å². The fourth-order valence-electron chi connectivity index (χ4n) is 3.10. The minimum absolute atomic E-state index is 0.0601. The molecule has 28 heavy (non-hydrogen) atoms. The Morgan fingerprint density at radius 2 is 1.93 bits per heavy atom. The molecule has 0 atom stereocenters. The van der Waals surface area contributed by atoms with Crippen LogP contribution in [-0.4, -0.2) is 30.5 Å². The van der Waals surface area contributed by atoms with Gasteiger partial charge >= 0.3 is 0 Å². The largest absolute Gasteiger partial charge is 0.360 e. The average Bonchev–Trinajstić information content (AvgIpc) is 3.07. The third-order valence-corrected chi connectivity index (χ3v) is 7.30. The van der Waals surface area contributed by atoms with Crippen LogP contribution in [0.25, 0.3) is 0 Å². The minimum Gasteiger partial charge on any atom is -0.360 e. The number of aromatic nitrogens is 1. The Hall–Kier alpha value is -2.00. The Labute approximate surface area is 169 Å². The number of carbonyl (C=O) groups is 1. The first-order chi connectivity index (χ1) is 13.4. The number of benzene rings is 1. The molecule has 0 radical (unpaired) electrons. The molecule has 1 aliphatic carbocycles. The minimum atomic E-state index is -3.76. The van der Waals surface area contributed by atoms with Gasteiger partial charge in [0.05, 0.1) is 4.90 Å². The summed E-state index contributed by atoms with van der Waals surface area (Å²) in [4.78, 5) is 12.2. The van der Waals surface area contributed by atoms with Crippen molar-refractivity contribution in [3.8, 4) is 0 Å². The molecule has 1 heterocycles. The Morgan fingerprint density at radius 1 is 1.21 bits per heavy atom. The lowest BCUT2D eigenvalue weighted by molar-refractivity contribution is -0.115. The zero-order valence-corrected chi connectivity index (χ0v) is 17.4. The molecule has 3 rings (SSSR count). The molecule has 1 aromatic heterocycles. The molecule has 2 aromatic rings. The van der Waals surface area contributed by atoms with Gasteiger partial charge in [-0.25, -0.2) is 8.42 Å². The molecule has 1 fully saturated rings. The van der Waals surface area contributed by atoms with Gasteiger partial charge in [-0.1, -0.05) is 24.4 Å². The highest BCUT2D eigenvalue weighted by Gasteiger charge is 2.17. The molecule has 0 bridgehead atoms. The molecule has 152 valence electrons. The number of thioether (sulfide) groups is 1. The number of carbonyl (C=O) groups excluding carboxylic acids is 1. The smallest absolute Gasteiger partial charge is 0.263 e. The van der Waals surface area contributed by atoms with E-state index in [-0.39, 0.29) is 16.6 Å². The number of amides is 1. The van der Waals surface area contributed by atoms with Gasteiger partial charge in [0.25, 0.3) is 10.0 Å². The van der Waals surface area contributed by atoms with Gasteiger partial charge in [0.2, 0.25) is 5.91 Å². The number of nitrogens with one attached hydrogen (secondary N) is 2. The SMILES string of the molecule is Cc1cc(NS(=O)(=O)c2ccc(NC(=O)CCSC3CCCCC3)cc2)no1. The first-order valence-electron chi connectivity index (χ1n) is 9.40. The molecule has 1 saturated carbocycles. The van der Waals surface area contributed by atoms with Crippen molar-refractivity contribution < 1.29 is 17.7 Å². The summed E-state index contributed by atoms with van der Waals surface area (Å²) in [5.74, 6) is 1.39. The average molecular weight is 424 g/mol. The number of rotatable bonds is 8. The molecule has 7 nitrogen and oxygen atoms in total. The van der Waals surface area contributed by atoms with Gasteiger partial charge in [0, 0.05) is 29.2 Å². The predicted molar refractivity (Wildman–Crippen MR) is 111 cm³/mol. The third-order valence-electron chi connectivity index (χ3n) is 4.55. The van der Waals surface area contributed by atoms with Crippen LogP contribution >= 0.6 is 11.8 Å². The van der Waals surface area contributed by atoms with E-state index in [2.05, 4.69) is 15.2 Å². The van der Waals surface area contributed by atoms with Crippen molar-refractivity contribution in [2.75, 3.05) is 15.8 Å².